The van der Waals surface area contributed by atoms with Crippen LogP contribution in [-0.2, 0) is 13.2 Å². The predicted molar refractivity (Wildman–Crippen MR) is 98.5 cm³/mol. The highest BCUT2D eigenvalue weighted by atomic mass is 35.5. The molecule has 0 aliphatic rings. The van der Waals surface area contributed by atoms with E-state index < -0.39 is 5.24 Å². The van der Waals surface area contributed by atoms with Gasteiger partial charge in [-0.15, -0.1) is 0 Å². The van der Waals surface area contributed by atoms with Crippen LogP contribution in [0.1, 0.15) is 27.3 Å². The van der Waals surface area contributed by atoms with E-state index in [1.807, 2.05) is 49.4 Å². The lowest BCUT2D eigenvalue weighted by Gasteiger charge is -2.13. The summed E-state index contributed by atoms with van der Waals surface area (Å²) in [5, 5.41) is 4.27. The summed E-state index contributed by atoms with van der Waals surface area (Å²) in [4.78, 5) is 11.3. The van der Waals surface area contributed by atoms with Crippen LogP contribution in [0.25, 0.3) is 0 Å². The number of hydrogen-bond donors (Lipinski definition) is 0. The van der Waals surface area contributed by atoms with Gasteiger partial charge in [-0.05, 0) is 48.4 Å². The number of halogens is 2. The van der Waals surface area contributed by atoms with E-state index in [9.17, 15) is 4.79 Å². The number of hydrogen-bond acceptors (Lipinski definition) is 3. The van der Waals surface area contributed by atoms with Crippen molar-refractivity contribution in [2.75, 3.05) is 0 Å². The van der Waals surface area contributed by atoms with Crippen LogP contribution < -0.4 is 4.74 Å². The minimum absolute atomic E-state index is 0.230. The quantitative estimate of drug-likeness (QED) is 0.579. The lowest BCUT2D eigenvalue weighted by molar-refractivity contribution is 0.107. The molecule has 0 fully saturated rings. The minimum atomic E-state index is -0.575. The summed E-state index contributed by atoms with van der Waals surface area (Å²) >= 11 is 11.6. The normalized spacial score (nSPS) is 10.7. The van der Waals surface area contributed by atoms with Crippen molar-refractivity contribution in [3.8, 4) is 5.75 Å². The molecule has 0 aliphatic carbocycles. The molecular weight excluding hydrogens is 359 g/mol. The molecule has 0 spiro atoms. The molecule has 3 rings (SSSR count). The Bertz CT molecular complexity index is 892. The van der Waals surface area contributed by atoms with Gasteiger partial charge in [-0.3, -0.25) is 9.48 Å². The smallest absolute Gasteiger partial charge is 0.272 e. The zero-order valence-corrected chi connectivity index (χ0v) is 15.1. The summed E-state index contributed by atoms with van der Waals surface area (Å²) in [5.41, 5.74) is 3.02. The van der Waals surface area contributed by atoms with Crippen molar-refractivity contribution in [3.63, 3.8) is 0 Å². The first-order valence-electron chi connectivity index (χ1n) is 7.72. The highest BCUT2D eigenvalue weighted by molar-refractivity contribution is 6.67. The van der Waals surface area contributed by atoms with Gasteiger partial charge < -0.3 is 4.74 Å². The van der Waals surface area contributed by atoms with Gasteiger partial charge in [0, 0.05) is 16.3 Å². The topological polar surface area (TPSA) is 44.1 Å². The Morgan fingerprint density at radius 3 is 2.60 bits per heavy atom. The maximum atomic E-state index is 11.3. The van der Waals surface area contributed by atoms with E-state index in [2.05, 4.69) is 5.10 Å². The molecule has 0 saturated heterocycles. The van der Waals surface area contributed by atoms with Crippen molar-refractivity contribution in [1.29, 1.82) is 0 Å². The van der Waals surface area contributed by atoms with Crippen molar-refractivity contribution < 1.29 is 9.53 Å². The van der Waals surface area contributed by atoms with Crippen LogP contribution in [-0.4, -0.2) is 15.0 Å². The molecule has 0 unspecified atom stereocenters. The fraction of sp³-hybridized carbons (Fsp3) is 0.158. The molecule has 1 heterocycles. The third kappa shape index (κ3) is 4.41. The first kappa shape index (κ1) is 17.5. The van der Waals surface area contributed by atoms with Crippen molar-refractivity contribution in [2.24, 2.45) is 0 Å². The fourth-order valence-corrected chi connectivity index (χ4v) is 2.76. The lowest BCUT2D eigenvalue weighted by atomic mass is 10.2. The van der Waals surface area contributed by atoms with Gasteiger partial charge >= 0.3 is 0 Å². The molecule has 0 N–H and O–H groups in total. The molecular formula is C19H16Cl2N2O2. The van der Waals surface area contributed by atoms with Crippen molar-refractivity contribution in [3.05, 3.63) is 82.1 Å². The Kier molecular flexibility index (Phi) is 5.41. The van der Waals surface area contributed by atoms with E-state index in [-0.39, 0.29) is 5.69 Å². The van der Waals surface area contributed by atoms with Crippen molar-refractivity contribution >= 4 is 28.4 Å². The molecule has 2 aromatic carbocycles. The summed E-state index contributed by atoms with van der Waals surface area (Å²) in [5.74, 6) is 0.724. The van der Waals surface area contributed by atoms with Crippen molar-refractivity contribution in [1.82, 2.24) is 9.78 Å². The number of carbonyl (C=O) groups is 1. The number of aromatic nitrogens is 2. The Balaban J connectivity index is 1.83. The van der Waals surface area contributed by atoms with Crippen LogP contribution in [0.5, 0.6) is 5.75 Å². The monoisotopic (exact) mass is 374 g/mol. The average Bonchev–Trinajstić information content (AvgIpc) is 2.96. The van der Waals surface area contributed by atoms with E-state index in [0.29, 0.717) is 18.2 Å². The minimum Gasteiger partial charge on any atom is -0.489 e. The molecule has 3 aromatic rings. The highest BCUT2D eigenvalue weighted by Crippen LogP contribution is 2.25. The second kappa shape index (κ2) is 7.72. The molecule has 0 radical (unpaired) electrons. The summed E-state index contributed by atoms with van der Waals surface area (Å²) in [6.07, 6.45) is 0. The van der Waals surface area contributed by atoms with Gasteiger partial charge in [-0.1, -0.05) is 41.9 Å². The molecule has 6 heteroatoms. The van der Waals surface area contributed by atoms with E-state index >= 15 is 0 Å². The summed E-state index contributed by atoms with van der Waals surface area (Å²) in [6, 6.07) is 17.0. The van der Waals surface area contributed by atoms with Crippen LogP contribution in [0.15, 0.2) is 54.6 Å². The van der Waals surface area contributed by atoms with Crippen LogP contribution in [0.2, 0.25) is 5.02 Å². The first-order chi connectivity index (χ1) is 12.0. The molecule has 0 aliphatic heterocycles. The predicted octanol–water partition coefficient (Wildman–Crippen LogP) is 4.85. The summed E-state index contributed by atoms with van der Waals surface area (Å²) in [7, 11) is 0. The molecule has 1 aromatic heterocycles. The standard InChI is InChI=1S/C19H16Cl2N2O2/c1-13-9-17(19(21)24)22-23(13)11-15-10-16(20)7-8-18(15)25-12-14-5-3-2-4-6-14/h2-10H,11-12H2,1H3. The number of benzene rings is 2. The molecule has 4 nitrogen and oxygen atoms in total. The SMILES string of the molecule is Cc1cc(C(=O)Cl)nn1Cc1cc(Cl)ccc1OCc1ccccc1. The van der Waals surface area contributed by atoms with Crippen LogP contribution in [0.4, 0.5) is 0 Å². The lowest BCUT2D eigenvalue weighted by Crippen LogP contribution is -2.07. The first-order valence-corrected chi connectivity index (χ1v) is 8.48. The van der Waals surface area contributed by atoms with E-state index in [1.54, 1.807) is 16.8 Å². The second-order valence-corrected chi connectivity index (χ2v) is 6.41. The summed E-state index contributed by atoms with van der Waals surface area (Å²) < 4.78 is 7.66. The largest absolute Gasteiger partial charge is 0.489 e. The second-order valence-electron chi connectivity index (χ2n) is 5.63. The van der Waals surface area contributed by atoms with Crippen LogP contribution in [0.3, 0.4) is 0 Å². The Labute approximate surface area is 155 Å². The van der Waals surface area contributed by atoms with Crippen molar-refractivity contribution in [2.45, 2.75) is 20.1 Å². The zero-order chi connectivity index (χ0) is 17.8. The van der Waals surface area contributed by atoms with E-state index in [0.717, 1.165) is 22.6 Å². The van der Waals surface area contributed by atoms with Gasteiger partial charge in [0.05, 0.1) is 6.54 Å². The van der Waals surface area contributed by atoms with E-state index in [1.165, 1.54) is 0 Å². The van der Waals surface area contributed by atoms with E-state index in [4.69, 9.17) is 27.9 Å². The summed E-state index contributed by atoms with van der Waals surface area (Å²) in [6.45, 7) is 2.75. The molecule has 25 heavy (non-hydrogen) atoms. The number of ether oxygens (including phenoxy) is 1. The number of rotatable bonds is 6. The fourth-order valence-electron chi connectivity index (χ4n) is 2.48. The van der Waals surface area contributed by atoms with Gasteiger partial charge in [0.15, 0.2) is 0 Å². The van der Waals surface area contributed by atoms with Gasteiger partial charge in [0.1, 0.15) is 18.1 Å². The number of carbonyl (C=O) groups excluding carboxylic acids is 1. The number of nitrogens with zero attached hydrogens (tertiary/aromatic N) is 2. The molecule has 0 atom stereocenters. The van der Waals surface area contributed by atoms with Gasteiger partial charge in [-0.25, -0.2) is 0 Å². The highest BCUT2D eigenvalue weighted by Gasteiger charge is 2.13. The molecule has 128 valence electrons. The molecule has 0 amide bonds. The maximum Gasteiger partial charge on any atom is 0.272 e. The maximum absolute atomic E-state index is 11.3. The Hall–Kier alpha value is -2.30. The Morgan fingerprint density at radius 1 is 1.16 bits per heavy atom. The third-order valence-corrected chi connectivity index (χ3v) is 4.19. The van der Waals surface area contributed by atoms with Gasteiger partial charge in [0.25, 0.3) is 5.24 Å². The molecule has 0 bridgehead atoms. The van der Waals surface area contributed by atoms with Gasteiger partial charge in [-0.2, -0.15) is 5.10 Å². The van der Waals surface area contributed by atoms with Gasteiger partial charge in [0.2, 0.25) is 0 Å². The zero-order valence-electron chi connectivity index (χ0n) is 13.6. The third-order valence-electron chi connectivity index (χ3n) is 3.76. The average molecular weight is 375 g/mol. The molecule has 0 saturated carbocycles. The number of aryl methyl sites for hydroxylation is 1. The van der Waals surface area contributed by atoms with Crippen LogP contribution in [0, 0.1) is 6.92 Å². The Morgan fingerprint density at radius 2 is 1.92 bits per heavy atom. The van der Waals surface area contributed by atoms with Crippen LogP contribution >= 0.6 is 23.2 Å².